The first kappa shape index (κ1) is 16.9. The van der Waals surface area contributed by atoms with Gasteiger partial charge in [-0.1, -0.05) is 46.1 Å². The van der Waals surface area contributed by atoms with Crippen molar-refractivity contribution in [3.8, 4) is 0 Å². The van der Waals surface area contributed by atoms with E-state index in [1.165, 1.54) is 0 Å². The Morgan fingerprint density at radius 1 is 1.44 bits per heavy atom. The summed E-state index contributed by atoms with van der Waals surface area (Å²) in [5.74, 6) is -0.219. The van der Waals surface area contributed by atoms with Gasteiger partial charge in [-0.2, -0.15) is 0 Å². The first-order valence-electron chi connectivity index (χ1n) is 5.49. The molecule has 0 fully saturated rings. The molecular formula is C13H23NO2. The summed E-state index contributed by atoms with van der Waals surface area (Å²) < 4.78 is 4.97. The molecular weight excluding hydrogens is 202 g/mol. The van der Waals surface area contributed by atoms with Gasteiger partial charge >= 0.3 is 5.97 Å². The number of nitrogens with one attached hydrogen (secondary N) is 1. The molecule has 0 aromatic rings. The van der Waals surface area contributed by atoms with Gasteiger partial charge in [-0.25, -0.2) is 0 Å². The van der Waals surface area contributed by atoms with Crippen LogP contribution >= 0.6 is 0 Å². The molecule has 0 aliphatic heterocycles. The van der Waals surface area contributed by atoms with Crippen LogP contribution in [0.3, 0.4) is 0 Å². The van der Waals surface area contributed by atoms with Gasteiger partial charge in [-0.3, -0.25) is 4.79 Å². The quantitative estimate of drug-likeness (QED) is 0.558. The van der Waals surface area contributed by atoms with Crippen molar-refractivity contribution in [3.05, 3.63) is 36.6 Å². The Morgan fingerprint density at radius 2 is 2.00 bits per heavy atom. The van der Waals surface area contributed by atoms with Crippen molar-refractivity contribution in [2.24, 2.45) is 0 Å². The molecule has 0 aromatic carbocycles. The zero-order chi connectivity index (χ0) is 13.0. The lowest BCUT2D eigenvalue weighted by Gasteiger charge is -2.10. The van der Waals surface area contributed by atoms with Gasteiger partial charge in [0, 0.05) is 24.7 Å². The van der Waals surface area contributed by atoms with E-state index in [-0.39, 0.29) is 12.6 Å². The molecule has 1 N–H and O–H groups in total. The second-order valence-corrected chi connectivity index (χ2v) is 2.67. The summed E-state index contributed by atoms with van der Waals surface area (Å²) >= 11 is 0. The van der Waals surface area contributed by atoms with E-state index < -0.39 is 0 Å². The van der Waals surface area contributed by atoms with Crippen LogP contribution < -0.4 is 5.32 Å². The van der Waals surface area contributed by atoms with Crippen LogP contribution in [0.25, 0.3) is 0 Å². The molecule has 0 atom stereocenters. The fourth-order valence-corrected chi connectivity index (χ4v) is 0.799. The van der Waals surface area contributed by atoms with Crippen LogP contribution in [0.1, 0.15) is 27.2 Å². The van der Waals surface area contributed by atoms with Crippen LogP contribution in [0.4, 0.5) is 0 Å². The van der Waals surface area contributed by atoms with Crippen LogP contribution in [0.2, 0.25) is 0 Å². The molecule has 0 amide bonds. The highest BCUT2D eigenvalue weighted by atomic mass is 16.5. The molecule has 0 unspecified atom stereocenters. The number of allylic oxidation sites excluding steroid dienone is 2. The van der Waals surface area contributed by atoms with Gasteiger partial charge in [0.15, 0.2) is 0 Å². The summed E-state index contributed by atoms with van der Waals surface area (Å²) in [6, 6.07) is 0. The molecule has 0 spiro atoms. The van der Waals surface area contributed by atoms with Crippen molar-refractivity contribution in [3.63, 3.8) is 0 Å². The molecule has 92 valence electrons. The molecule has 0 aliphatic carbocycles. The van der Waals surface area contributed by atoms with Gasteiger partial charge in [-0.05, 0) is 0 Å². The molecule has 0 bridgehead atoms. The van der Waals surface area contributed by atoms with E-state index in [1.807, 2.05) is 13.8 Å². The molecule has 0 saturated carbocycles. The molecule has 0 aromatic heterocycles. The first-order valence-corrected chi connectivity index (χ1v) is 5.49. The van der Waals surface area contributed by atoms with Gasteiger partial charge in [0.25, 0.3) is 0 Å². The third kappa shape index (κ3) is 7.85. The fourth-order valence-electron chi connectivity index (χ4n) is 0.799. The maximum atomic E-state index is 10.9. The Morgan fingerprint density at radius 3 is 2.38 bits per heavy atom. The number of likely N-dealkylation sites (N-methyl/N-ethyl adjacent to an activating group) is 1. The van der Waals surface area contributed by atoms with Gasteiger partial charge in [0.2, 0.25) is 0 Å². The van der Waals surface area contributed by atoms with Crippen LogP contribution in [-0.4, -0.2) is 19.6 Å². The maximum Gasteiger partial charge on any atom is 0.305 e. The second-order valence-electron chi connectivity index (χ2n) is 2.67. The average Bonchev–Trinajstić information content (AvgIpc) is 2.35. The third-order valence-corrected chi connectivity index (χ3v) is 1.69. The summed E-state index contributed by atoms with van der Waals surface area (Å²) in [4.78, 5) is 10.9. The minimum atomic E-state index is -0.219. The molecule has 0 saturated heterocycles. The van der Waals surface area contributed by atoms with Gasteiger partial charge in [0.05, 0.1) is 0 Å². The molecule has 0 aliphatic rings. The standard InChI is InChI=1S/C11H17NO2.C2H6/c1-5-7-10(9(3)12-4)8-14-11(13)6-2;1-2/h5,7,12H,1,3,6,8H2,2,4H3;1-2H3/b10-7-;. The number of rotatable bonds is 6. The van der Waals surface area contributed by atoms with E-state index in [2.05, 4.69) is 18.5 Å². The van der Waals surface area contributed by atoms with Gasteiger partial charge < -0.3 is 10.1 Å². The SMILES string of the molecule is C=C/C=C(/COC(=O)CC)C(=C)NC.CC. The third-order valence-electron chi connectivity index (χ3n) is 1.69. The summed E-state index contributed by atoms with van der Waals surface area (Å²) in [5.41, 5.74) is 1.55. The highest BCUT2D eigenvalue weighted by Crippen LogP contribution is 2.05. The van der Waals surface area contributed by atoms with E-state index in [0.717, 1.165) is 11.3 Å². The highest BCUT2D eigenvalue weighted by Gasteiger charge is 2.03. The van der Waals surface area contributed by atoms with Gasteiger partial charge in [0.1, 0.15) is 6.61 Å². The Balaban J connectivity index is 0. The van der Waals surface area contributed by atoms with Gasteiger partial charge in [-0.15, -0.1) is 0 Å². The molecule has 3 nitrogen and oxygen atoms in total. The molecule has 0 rings (SSSR count). The maximum absolute atomic E-state index is 10.9. The summed E-state index contributed by atoms with van der Waals surface area (Å²) in [7, 11) is 1.76. The zero-order valence-corrected chi connectivity index (χ0v) is 10.8. The number of hydrogen-bond donors (Lipinski definition) is 1. The number of ether oxygens (including phenoxy) is 1. The zero-order valence-electron chi connectivity index (χ0n) is 10.8. The van der Waals surface area contributed by atoms with Crippen LogP contribution in [0.15, 0.2) is 36.6 Å². The van der Waals surface area contributed by atoms with Crippen molar-refractivity contribution in [2.45, 2.75) is 27.2 Å². The number of hydrogen-bond acceptors (Lipinski definition) is 3. The molecule has 0 heterocycles. The number of carbonyl (C=O) groups is 1. The lowest BCUT2D eigenvalue weighted by Crippen LogP contribution is -2.13. The Labute approximate surface area is 98.9 Å². The van der Waals surface area contributed by atoms with E-state index >= 15 is 0 Å². The number of carbonyl (C=O) groups excluding carboxylic acids is 1. The Bertz CT molecular complexity index is 255. The fraction of sp³-hybridized carbons (Fsp3) is 0.462. The minimum Gasteiger partial charge on any atom is -0.461 e. The summed E-state index contributed by atoms with van der Waals surface area (Å²) in [6.07, 6.45) is 3.78. The molecule has 0 radical (unpaired) electrons. The van der Waals surface area contributed by atoms with E-state index in [9.17, 15) is 4.79 Å². The summed E-state index contributed by atoms with van der Waals surface area (Å²) in [5, 5.41) is 2.89. The smallest absolute Gasteiger partial charge is 0.305 e. The monoisotopic (exact) mass is 225 g/mol. The van der Waals surface area contributed by atoms with E-state index in [1.54, 1.807) is 26.1 Å². The lowest BCUT2D eigenvalue weighted by atomic mass is 10.2. The van der Waals surface area contributed by atoms with Crippen molar-refractivity contribution in [2.75, 3.05) is 13.7 Å². The van der Waals surface area contributed by atoms with E-state index in [0.29, 0.717) is 6.42 Å². The second kappa shape index (κ2) is 11.6. The van der Waals surface area contributed by atoms with Crippen LogP contribution in [-0.2, 0) is 9.53 Å². The van der Waals surface area contributed by atoms with Crippen molar-refractivity contribution in [1.82, 2.24) is 5.32 Å². The Kier molecular flexibility index (Phi) is 12.2. The first-order chi connectivity index (χ1) is 7.65. The van der Waals surface area contributed by atoms with Crippen LogP contribution in [0.5, 0.6) is 0 Å². The Hall–Kier alpha value is -1.51. The molecule has 16 heavy (non-hydrogen) atoms. The van der Waals surface area contributed by atoms with Crippen molar-refractivity contribution in [1.29, 1.82) is 0 Å². The van der Waals surface area contributed by atoms with Crippen LogP contribution in [0, 0.1) is 0 Å². The number of esters is 1. The predicted molar refractivity (Wildman–Crippen MR) is 69.1 cm³/mol. The highest BCUT2D eigenvalue weighted by molar-refractivity contribution is 5.69. The molecule has 3 heteroatoms. The minimum absolute atomic E-state index is 0.219. The largest absolute Gasteiger partial charge is 0.461 e. The van der Waals surface area contributed by atoms with E-state index in [4.69, 9.17) is 4.74 Å². The van der Waals surface area contributed by atoms with Crippen molar-refractivity contribution < 1.29 is 9.53 Å². The topological polar surface area (TPSA) is 38.3 Å². The lowest BCUT2D eigenvalue weighted by molar-refractivity contribution is -0.142. The predicted octanol–water partition coefficient (Wildman–Crippen LogP) is 2.81. The van der Waals surface area contributed by atoms with Crippen molar-refractivity contribution >= 4 is 5.97 Å². The average molecular weight is 225 g/mol. The summed E-state index contributed by atoms with van der Waals surface area (Å²) in [6.45, 7) is 13.3. The normalized spacial score (nSPS) is 9.62.